The van der Waals surface area contributed by atoms with Crippen LogP contribution in [0.3, 0.4) is 0 Å². The molecule has 8 heteroatoms. The Kier molecular flexibility index (Phi) is 3.50. The first-order valence-electron chi connectivity index (χ1n) is 4.28. The number of alkyl halides is 5. The molecule has 1 heterocycles. The first-order chi connectivity index (χ1) is 7.79. The van der Waals surface area contributed by atoms with Crippen molar-refractivity contribution in [1.29, 1.82) is 5.26 Å². The Labute approximate surface area is 92.7 Å². The highest BCUT2D eigenvalue weighted by molar-refractivity contribution is 5.50. The molecule has 0 fully saturated rings. The molecule has 1 aromatic heterocycles. The highest BCUT2D eigenvalue weighted by atomic mass is 19.4. The van der Waals surface area contributed by atoms with Gasteiger partial charge in [-0.2, -0.15) is 18.4 Å². The third-order valence-corrected chi connectivity index (χ3v) is 2.04. The van der Waals surface area contributed by atoms with Crippen LogP contribution in [-0.4, -0.2) is 4.98 Å². The largest absolute Gasteiger partial charge is 0.418 e. The smallest absolute Gasteiger partial charge is 0.383 e. The summed E-state index contributed by atoms with van der Waals surface area (Å²) in [5, 5.41) is 8.38. The minimum absolute atomic E-state index is 0.355. The first-order valence-corrected chi connectivity index (χ1v) is 4.28. The van der Waals surface area contributed by atoms with Gasteiger partial charge in [0.25, 0.3) is 6.43 Å². The van der Waals surface area contributed by atoms with Gasteiger partial charge in [-0.1, -0.05) is 0 Å². The van der Waals surface area contributed by atoms with E-state index >= 15 is 0 Å². The van der Waals surface area contributed by atoms with Crippen molar-refractivity contribution < 1.29 is 22.0 Å². The zero-order valence-corrected chi connectivity index (χ0v) is 8.22. The van der Waals surface area contributed by atoms with Gasteiger partial charge in [0.2, 0.25) is 0 Å². The van der Waals surface area contributed by atoms with Crippen molar-refractivity contribution in [3.63, 3.8) is 0 Å². The summed E-state index contributed by atoms with van der Waals surface area (Å²) >= 11 is 0. The van der Waals surface area contributed by atoms with Gasteiger partial charge in [-0.3, -0.25) is 0 Å². The molecule has 0 bridgehead atoms. The van der Waals surface area contributed by atoms with E-state index in [0.29, 0.717) is 6.20 Å². The monoisotopic (exact) mass is 251 g/mol. The van der Waals surface area contributed by atoms with Gasteiger partial charge in [-0.25, -0.2) is 13.8 Å². The number of pyridine rings is 1. The van der Waals surface area contributed by atoms with Crippen LogP contribution in [0.15, 0.2) is 6.20 Å². The standard InChI is InChI=1S/C9H6F5N3/c10-7(11)6-4(1-2-15)5(9(12,13)14)3-17-8(6)16/h3,7H,1H2,(H2,16,17). The summed E-state index contributed by atoms with van der Waals surface area (Å²) in [5.74, 6) is -0.696. The fourth-order valence-corrected chi connectivity index (χ4v) is 1.34. The molecular weight excluding hydrogens is 245 g/mol. The molecule has 0 amide bonds. The number of hydrogen-bond donors (Lipinski definition) is 1. The van der Waals surface area contributed by atoms with E-state index in [2.05, 4.69) is 4.98 Å². The molecule has 3 nitrogen and oxygen atoms in total. The maximum Gasteiger partial charge on any atom is 0.418 e. The zero-order chi connectivity index (χ0) is 13.2. The third-order valence-electron chi connectivity index (χ3n) is 2.04. The SMILES string of the molecule is N#CCc1c(C(F)(F)F)cnc(N)c1C(F)F. The van der Waals surface area contributed by atoms with Crippen LogP contribution < -0.4 is 5.73 Å². The highest BCUT2D eigenvalue weighted by Crippen LogP contribution is 2.37. The normalized spacial score (nSPS) is 11.6. The van der Waals surface area contributed by atoms with E-state index in [1.807, 2.05) is 0 Å². The molecule has 0 atom stereocenters. The number of hydrogen-bond acceptors (Lipinski definition) is 3. The van der Waals surface area contributed by atoms with Gasteiger partial charge >= 0.3 is 6.18 Å². The first kappa shape index (κ1) is 13.2. The quantitative estimate of drug-likeness (QED) is 0.822. The van der Waals surface area contributed by atoms with Gasteiger partial charge in [0.1, 0.15) is 5.82 Å². The summed E-state index contributed by atoms with van der Waals surface area (Å²) in [7, 11) is 0. The third kappa shape index (κ3) is 2.61. The van der Waals surface area contributed by atoms with Crippen LogP contribution in [0.2, 0.25) is 0 Å². The molecule has 2 N–H and O–H groups in total. The Balaban J connectivity index is 3.54. The molecule has 0 aliphatic carbocycles. The number of rotatable bonds is 2. The topological polar surface area (TPSA) is 62.7 Å². The molecule has 0 unspecified atom stereocenters. The fourth-order valence-electron chi connectivity index (χ4n) is 1.34. The summed E-state index contributed by atoms with van der Waals surface area (Å²) in [4.78, 5) is 3.08. The molecule has 0 aliphatic rings. The molecule has 17 heavy (non-hydrogen) atoms. The van der Waals surface area contributed by atoms with E-state index in [1.54, 1.807) is 0 Å². The number of anilines is 1. The highest BCUT2D eigenvalue weighted by Gasteiger charge is 2.36. The van der Waals surface area contributed by atoms with Crippen LogP contribution in [0.4, 0.5) is 27.8 Å². The van der Waals surface area contributed by atoms with Crippen molar-refractivity contribution >= 4 is 5.82 Å². The fraction of sp³-hybridized carbons (Fsp3) is 0.333. The average molecular weight is 251 g/mol. The number of aromatic nitrogens is 1. The van der Waals surface area contributed by atoms with E-state index in [4.69, 9.17) is 11.0 Å². The maximum atomic E-state index is 12.6. The van der Waals surface area contributed by atoms with Crippen LogP contribution in [0.25, 0.3) is 0 Å². The van der Waals surface area contributed by atoms with Crippen molar-refractivity contribution in [2.75, 3.05) is 5.73 Å². The van der Waals surface area contributed by atoms with E-state index in [1.165, 1.54) is 6.07 Å². The molecule has 0 saturated heterocycles. The average Bonchev–Trinajstić information content (AvgIpc) is 2.15. The van der Waals surface area contributed by atoms with Gasteiger partial charge in [-0.15, -0.1) is 0 Å². The summed E-state index contributed by atoms with van der Waals surface area (Å²) < 4.78 is 62.7. The minimum atomic E-state index is -4.85. The molecule has 1 rings (SSSR count). The molecule has 0 spiro atoms. The lowest BCUT2D eigenvalue weighted by molar-refractivity contribution is -0.138. The van der Waals surface area contributed by atoms with Gasteiger partial charge in [-0.05, 0) is 5.56 Å². The second kappa shape index (κ2) is 4.53. The van der Waals surface area contributed by atoms with Crippen molar-refractivity contribution in [2.45, 2.75) is 19.0 Å². The zero-order valence-electron chi connectivity index (χ0n) is 8.22. The predicted molar refractivity (Wildman–Crippen MR) is 47.9 cm³/mol. The van der Waals surface area contributed by atoms with Crippen LogP contribution in [0.5, 0.6) is 0 Å². The molecule has 1 aromatic rings. The van der Waals surface area contributed by atoms with Crippen LogP contribution in [0.1, 0.15) is 23.1 Å². The summed E-state index contributed by atoms with van der Waals surface area (Å²) in [6, 6.07) is 1.40. The Bertz CT molecular complexity index is 461. The van der Waals surface area contributed by atoms with Crippen LogP contribution in [0, 0.1) is 11.3 Å². The lowest BCUT2D eigenvalue weighted by atomic mass is 10.0. The van der Waals surface area contributed by atoms with Gasteiger partial charge in [0.05, 0.1) is 23.6 Å². The molecular formula is C9H6F5N3. The Morgan fingerprint density at radius 1 is 1.41 bits per heavy atom. The van der Waals surface area contributed by atoms with Crippen molar-refractivity contribution in [2.24, 2.45) is 0 Å². The molecule has 0 saturated carbocycles. The summed E-state index contributed by atoms with van der Waals surface area (Å²) in [6.07, 6.45) is -8.51. The molecule has 0 aromatic carbocycles. The maximum absolute atomic E-state index is 12.6. The van der Waals surface area contributed by atoms with Gasteiger partial charge in [0.15, 0.2) is 0 Å². The van der Waals surface area contributed by atoms with Crippen LogP contribution >= 0.6 is 0 Å². The number of halogens is 5. The van der Waals surface area contributed by atoms with E-state index in [0.717, 1.165) is 0 Å². The summed E-state index contributed by atoms with van der Waals surface area (Å²) in [6.45, 7) is 0. The Morgan fingerprint density at radius 3 is 2.41 bits per heavy atom. The summed E-state index contributed by atoms with van der Waals surface area (Å²) in [5.41, 5.74) is 1.90. The molecule has 92 valence electrons. The van der Waals surface area contributed by atoms with Gasteiger partial charge in [0, 0.05) is 6.20 Å². The number of nitrogen functional groups attached to an aromatic ring is 1. The molecule has 0 radical (unpaired) electrons. The van der Waals surface area contributed by atoms with E-state index in [9.17, 15) is 22.0 Å². The second-order valence-electron chi connectivity index (χ2n) is 3.08. The number of nitrogens with two attached hydrogens (primary N) is 1. The lowest BCUT2D eigenvalue weighted by Crippen LogP contribution is -2.14. The van der Waals surface area contributed by atoms with E-state index in [-0.39, 0.29) is 0 Å². The minimum Gasteiger partial charge on any atom is -0.383 e. The van der Waals surface area contributed by atoms with E-state index < -0.39 is 41.5 Å². The van der Waals surface area contributed by atoms with Gasteiger partial charge < -0.3 is 5.73 Å². The van der Waals surface area contributed by atoms with Crippen molar-refractivity contribution in [1.82, 2.24) is 4.98 Å². The number of nitrogens with zero attached hydrogens (tertiary/aromatic N) is 2. The van der Waals surface area contributed by atoms with Crippen LogP contribution in [-0.2, 0) is 12.6 Å². The molecule has 0 aliphatic heterocycles. The Morgan fingerprint density at radius 2 is 2.00 bits per heavy atom. The second-order valence-corrected chi connectivity index (χ2v) is 3.08. The Hall–Kier alpha value is -1.91. The lowest BCUT2D eigenvalue weighted by Gasteiger charge is -2.15. The number of nitriles is 1. The van der Waals surface area contributed by atoms with Crippen molar-refractivity contribution in [3.05, 3.63) is 22.9 Å². The van der Waals surface area contributed by atoms with Crippen molar-refractivity contribution in [3.8, 4) is 6.07 Å². The predicted octanol–water partition coefficient (Wildman–Crippen LogP) is 2.69.